The second-order valence-electron chi connectivity index (χ2n) is 5.61. The molecule has 26 heavy (non-hydrogen) atoms. The van der Waals surface area contributed by atoms with Crippen molar-refractivity contribution in [1.82, 2.24) is 10.2 Å². The molecule has 1 atom stereocenters. The first kappa shape index (κ1) is 18.1. The van der Waals surface area contributed by atoms with Crippen LogP contribution in [0.25, 0.3) is 0 Å². The molecule has 2 N–H and O–H groups in total. The maximum absolute atomic E-state index is 13.9. The van der Waals surface area contributed by atoms with Gasteiger partial charge in [-0.3, -0.25) is 0 Å². The quantitative estimate of drug-likeness (QED) is 0.684. The Morgan fingerprint density at radius 2 is 1.88 bits per heavy atom. The van der Waals surface area contributed by atoms with Crippen molar-refractivity contribution in [3.05, 3.63) is 82.3 Å². The molecule has 3 rings (SSSR count). The zero-order valence-corrected chi connectivity index (χ0v) is 14.7. The Kier molecular flexibility index (Phi) is 5.65. The van der Waals surface area contributed by atoms with Crippen molar-refractivity contribution < 1.29 is 14.2 Å². The molecule has 0 saturated heterocycles. The number of halogens is 2. The number of nitrogens with zero attached hydrogens (tertiary/aromatic N) is 2. The van der Waals surface area contributed by atoms with Gasteiger partial charge in [-0.25, -0.2) is 4.39 Å². The molecule has 1 aromatic heterocycles. The molecule has 134 valence electrons. The first-order valence-electron chi connectivity index (χ1n) is 7.90. The Balaban J connectivity index is 1.66. The van der Waals surface area contributed by atoms with Crippen molar-refractivity contribution >= 4 is 17.4 Å². The van der Waals surface area contributed by atoms with Crippen LogP contribution in [0.3, 0.4) is 0 Å². The number of aliphatic hydroxyl groups is 1. The molecule has 0 saturated carbocycles. The van der Waals surface area contributed by atoms with Crippen LogP contribution >= 0.6 is 11.6 Å². The van der Waals surface area contributed by atoms with E-state index >= 15 is 0 Å². The average molecular weight is 374 g/mol. The summed E-state index contributed by atoms with van der Waals surface area (Å²) in [7, 11) is 1.62. The Morgan fingerprint density at radius 1 is 1.12 bits per heavy atom. The van der Waals surface area contributed by atoms with Gasteiger partial charge in [-0.1, -0.05) is 23.7 Å². The lowest BCUT2D eigenvalue weighted by Crippen LogP contribution is -2.08. The predicted molar refractivity (Wildman–Crippen MR) is 97.8 cm³/mol. The lowest BCUT2D eigenvalue weighted by Gasteiger charge is -2.12. The maximum Gasteiger partial charge on any atom is 0.148 e. The average Bonchev–Trinajstić information content (AvgIpc) is 2.68. The second kappa shape index (κ2) is 8.12. The van der Waals surface area contributed by atoms with Crippen molar-refractivity contribution in [1.29, 1.82) is 0 Å². The number of rotatable bonds is 6. The molecule has 0 aliphatic heterocycles. The molecule has 3 aromatic rings. The highest BCUT2D eigenvalue weighted by molar-refractivity contribution is 6.30. The molecule has 5 nitrogen and oxygen atoms in total. The minimum absolute atomic E-state index is 0.0609. The Morgan fingerprint density at radius 3 is 2.54 bits per heavy atom. The Bertz CT molecular complexity index is 873. The maximum atomic E-state index is 13.9. The van der Waals surface area contributed by atoms with Crippen LogP contribution in [0, 0.1) is 5.82 Å². The molecule has 0 aliphatic rings. The van der Waals surface area contributed by atoms with Gasteiger partial charge in [0.25, 0.3) is 0 Å². The van der Waals surface area contributed by atoms with Gasteiger partial charge < -0.3 is 15.2 Å². The number of aromatic nitrogens is 2. The van der Waals surface area contributed by atoms with Gasteiger partial charge >= 0.3 is 0 Å². The number of anilines is 1. The van der Waals surface area contributed by atoms with Gasteiger partial charge in [0.05, 0.1) is 12.8 Å². The van der Waals surface area contributed by atoms with E-state index < -0.39 is 11.9 Å². The molecule has 1 heterocycles. The van der Waals surface area contributed by atoms with E-state index in [1.807, 2.05) is 24.3 Å². The third-order valence-corrected chi connectivity index (χ3v) is 4.09. The molecule has 0 radical (unpaired) electrons. The standard InChI is InChI=1S/C19H17ClFN3O2/c1-26-14-5-2-12(3-6-14)11-22-18-9-8-17(23-24-18)19(25)15-10-13(20)4-7-16(15)21/h2-10,19,25H,11H2,1H3,(H,22,24). The van der Waals surface area contributed by atoms with E-state index in [4.69, 9.17) is 16.3 Å². The normalized spacial score (nSPS) is 11.8. The lowest BCUT2D eigenvalue weighted by molar-refractivity contribution is 0.209. The minimum atomic E-state index is -1.24. The van der Waals surface area contributed by atoms with E-state index in [1.165, 1.54) is 18.2 Å². The van der Waals surface area contributed by atoms with Crippen molar-refractivity contribution in [3.63, 3.8) is 0 Å². The van der Waals surface area contributed by atoms with Gasteiger partial charge in [-0.15, -0.1) is 5.10 Å². The monoisotopic (exact) mass is 373 g/mol. The number of nitrogens with one attached hydrogen (secondary N) is 1. The molecule has 1 unspecified atom stereocenters. The predicted octanol–water partition coefficient (Wildman–Crippen LogP) is 3.97. The fraction of sp³-hybridized carbons (Fsp3) is 0.158. The van der Waals surface area contributed by atoms with Crippen LogP contribution in [0.5, 0.6) is 5.75 Å². The fourth-order valence-corrected chi connectivity index (χ4v) is 2.58. The number of ether oxygens (including phenoxy) is 1. The first-order valence-corrected chi connectivity index (χ1v) is 8.28. The molecular formula is C19H17ClFN3O2. The van der Waals surface area contributed by atoms with Crippen LogP contribution in [0.15, 0.2) is 54.6 Å². The summed E-state index contributed by atoms with van der Waals surface area (Å²) in [5.74, 6) is 0.786. The van der Waals surface area contributed by atoms with Crippen molar-refractivity contribution in [2.45, 2.75) is 12.6 Å². The summed E-state index contributed by atoms with van der Waals surface area (Å²) in [6.45, 7) is 0.559. The van der Waals surface area contributed by atoms with E-state index in [0.29, 0.717) is 17.4 Å². The van der Waals surface area contributed by atoms with Crippen molar-refractivity contribution in [3.8, 4) is 5.75 Å². The highest BCUT2D eigenvalue weighted by Crippen LogP contribution is 2.25. The molecule has 0 spiro atoms. The van der Waals surface area contributed by atoms with Crippen molar-refractivity contribution in [2.24, 2.45) is 0 Å². The van der Waals surface area contributed by atoms with Gasteiger partial charge in [0.15, 0.2) is 0 Å². The second-order valence-corrected chi connectivity index (χ2v) is 6.05. The van der Waals surface area contributed by atoms with Gasteiger partial charge in [0.2, 0.25) is 0 Å². The number of benzene rings is 2. The van der Waals surface area contributed by atoms with Crippen molar-refractivity contribution in [2.75, 3.05) is 12.4 Å². The number of hydrogen-bond acceptors (Lipinski definition) is 5. The van der Waals surface area contributed by atoms with Crippen LogP contribution in [-0.4, -0.2) is 22.4 Å². The molecule has 0 amide bonds. The first-order chi connectivity index (χ1) is 12.6. The lowest BCUT2D eigenvalue weighted by atomic mass is 10.1. The van der Waals surface area contributed by atoms with Crippen LogP contribution in [0.1, 0.15) is 22.9 Å². The van der Waals surface area contributed by atoms with E-state index in [2.05, 4.69) is 15.5 Å². The van der Waals surface area contributed by atoms with E-state index in [9.17, 15) is 9.50 Å². The van der Waals surface area contributed by atoms with Crippen LogP contribution in [0.2, 0.25) is 5.02 Å². The Labute approximate surface area is 155 Å². The largest absolute Gasteiger partial charge is 0.497 e. The summed E-state index contributed by atoms with van der Waals surface area (Å²) >= 11 is 5.86. The van der Waals surface area contributed by atoms with Gasteiger partial charge in [0, 0.05) is 17.1 Å². The number of methoxy groups -OCH3 is 1. The van der Waals surface area contributed by atoms with E-state index in [0.717, 1.165) is 11.3 Å². The highest BCUT2D eigenvalue weighted by atomic mass is 35.5. The van der Waals surface area contributed by atoms with Gasteiger partial charge in [0.1, 0.15) is 23.5 Å². The summed E-state index contributed by atoms with van der Waals surface area (Å²) in [6, 6.07) is 14.9. The summed E-state index contributed by atoms with van der Waals surface area (Å²) in [5.41, 5.74) is 1.35. The zero-order valence-electron chi connectivity index (χ0n) is 14.0. The van der Waals surface area contributed by atoms with Crippen LogP contribution in [-0.2, 0) is 6.54 Å². The molecule has 0 fully saturated rings. The summed E-state index contributed by atoms with van der Waals surface area (Å²) in [6.07, 6.45) is -1.24. The molecular weight excluding hydrogens is 357 g/mol. The summed E-state index contributed by atoms with van der Waals surface area (Å²) in [4.78, 5) is 0. The topological polar surface area (TPSA) is 67.3 Å². The number of hydrogen-bond donors (Lipinski definition) is 2. The van der Waals surface area contributed by atoms with E-state index in [-0.39, 0.29) is 11.3 Å². The smallest absolute Gasteiger partial charge is 0.148 e. The minimum Gasteiger partial charge on any atom is -0.497 e. The van der Waals surface area contributed by atoms with Gasteiger partial charge in [-0.05, 0) is 48.0 Å². The van der Waals surface area contributed by atoms with Crippen LogP contribution < -0.4 is 10.1 Å². The molecule has 0 aliphatic carbocycles. The van der Waals surface area contributed by atoms with Gasteiger partial charge in [-0.2, -0.15) is 5.10 Å². The fourth-order valence-electron chi connectivity index (χ4n) is 2.40. The SMILES string of the molecule is COc1ccc(CNc2ccc(C(O)c3cc(Cl)ccc3F)nn2)cc1. The molecule has 7 heteroatoms. The molecule has 2 aromatic carbocycles. The van der Waals surface area contributed by atoms with Crippen LogP contribution in [0.4, 0.5) is 10.2 Å². The zero-order chi connectivity index (χ0) is 18.5. The summed E-state index contributed by atoms with van der Waals surface area (Å²) < 4.78 is 19.0. The summed E-state index contributed by atoms with van der Waals surface area (Å²) in [5, 5.41) is 21.8. The highest BCUT2D eigenvalue weighted by Gasteiger charge is 2.17. The van der Waals surface area contributed by atoms with E-state index in [1.54, 1.807) is 19.2 Å². The molecule has 0 bridgehead atoms. The Hall–Kier alpha value is -2.70. The number of aliphatic hydroxyl groups excluding tert-OH is 1. The third kappa shape index (κ3) is 4.28. The third-order valence-electron chi connectivity index (χ3n) is 3.85.